The molecule has 156 valence electrons. The molecule has 4 aromatic rings. The number of para-hydroxylation sites is 1. The van der Waals surface area contributed by atoms with Gasteiger partial charge in [-0.1, -0.05) is 78.9 Å². The maximum absolute atomic E-state index is 12.9. The molecule has 1 amide bonds. The lowest BCUT2D eigenvalue weighted by Crippen LogP contribution is -2.30. The second kappa shape index (κ2) is 8.52. The van der Waals surface area contributed by atoms with Crippen molar-refractivity contribution < 1.29 is 22.7 Å². The van der Waals surface area contributed by atoms with E-state index in [4.69, 9.17) is 4.74 Å². The zero-order valence-electron chi connectivity index (χ0n) is 16.3. The minimum absolute atomic E-state index is 0.0380. The molecule has 0 bridgehead atoms. The lowest BCUT2D eigenvalue weighted by atomic mass is 9.99. The number of benzene rings is 4. The third-order valence-electron chi connectivity index (χ3n) is 4.81. The highest BCUT2D eigenvalue weighted by molar-refractivity contribution is 5.98. The number of rotatable bonds is 5. The summed E-state index contributed by atoms with van der Waals surface area (Å²) in [5, 5.41) is 3.97. The van der Waals surface area contributed by atoms with E-state index < -0.39 is 12.1 Å². The quantitative estimate of drug-likeness (QED) is 0.395. The molecule has 4 rings (SSSR count). The minimum Gasteiger partial charge on any atom is -0.486 e. The number of amides is 1. The number of alkyl halides is 3. The van der Waals surface area contributed by atoms with Crippen molar-refractivity contribution in [3.63, 3.8) is 0 Å². The van der Waals surface area contributed by atoms with Crippen molar-refractivity contribution in [1.82, 2.24) is 0 Å². The van der Waals surface area contributed by atoms with Gasteiger partial charge in [0, 0.05) is 5.56 Å². The summed E-state index contributed by atoms with van der Waals surface area (Å²) in [5.74, 6) is -1.87. The molecule has 31 heavy (non-hydrogen) atoms. The standard InChI is InChI=1S/C25H18F3NO2/c26-25(27,28)24(30)29-22-12-6-11-21(23(22)31-16-17-7-2-1-3-8-17)20-14-13-18-9-4-5-10-19(18)15-20/h1-15H,16H2,(H,29,30). The summed E-state index contributed by atoms with van der Waals surface area (Å²) >= 11 is 0. The fourth-order valence-corrected chi connectivity index (χ4v) is 3.30. The van der Waals surface area contributed by atoms with Gasteiger partial charge in [-0.15, -0.1) is 0 Å². The molecule has 0 spiro atoms. The lowest BCUT2D eigenvalue weighted by molar-refractivity contribution is -0.167. The Morgan fingerprint density at radius 2 is 1.52 bits per heavy atom. The average Bonchev–Trinajstić information content (AvgIpc) is 2.78. The predicted molar refractivity (Wildman–Crippen MR) is 115 cm³/mol. The number of ether oxygens (including phenoxy) is 1. The maximum atomic E-state index is 12.9. The van der Waals surface area contributed by atoms with Gasteiger partial charge in [0.05, 0.1) is 5.69 Å². The van der Waals surface area contributed by atoms with Gasteiger partial charge >= 0.3 is 12.1 Å². The second-order valence-corrected chi connectivity index (χ2v) is 6.97. The van der Waals surface area contributed by atoms with Gasteiger partial charge in [0.25, 0.3) is 0 Å². The molecule has 0 aromatic heterocycles. The van der Waals surface area contributed by atoms with Gasteiger partial charge in [-0.25, -0.2) is 0 Å². The van der Waals surface area contributed by atoms with Crippen LogP contribution in [0.2, 0.25) is 0 Å². The predicted octanol–water partition coefficient (Wildman–Crippen LogP) is 6.59. The van der Waals surface area contributed by atoms with Crippen molar-refractivity contribution >= 4 is 22.4 Å². The molecule has 6 heteroatoms. The normalized spacial score (nSPS) is 11.3. The van der Waals surface area contributed by atoms with Crippen molar-refractivity contribution in [2.24, 2.45) is 0 Å². The van der Waals surface area contributed by atoms with Crippen molar-refractivity contribution in [2.75, 3.05) is 5.32 Å². The summed E-state index contributed by atoms with van der Waals surface area (Å²) in [6.45, 7) is 0.139. The van der Waals surface area contributed by atoms with Gasteiger partial charge in [-0.2, -0.15) is 13.2 Å². The van der Waals surface area contributed by atoms with Crippen molar-refractivity contribution in [2.45, 2.75) is 12.8 Å². The molecule has 0 heterocycles. The summed E-state index contributed by atoms with van der Waals surface area (Å²) in [5.41, 5.74) is 2.17. The Hall–Kier alpha value is -3.80. The van der Waals surface area contributed by atoms with Crippen LogP contribution >= 0.6 is 0 Å². The number of fused-ring (bicyclic) bond motifs is 1. The molecule has 0 fully saturated rings. The number of carbonyl (C=O) groups is 1. The van der Waals surface area contributed by atoms with Crippen LogP contribution in [0.25, 0.3) is 21.9 Å². The Kier molecular flexibility index (Phi) is 5.62. The summed E-state index contributed by atoms with van der Waals surface area (Å²) in [4.78, 5) is 11.6. The molecule has 0 aliphatic rings. The Labute approximate surface area is 177 Å². The van der Waals surface area contributed by atoms with Crippen LogP contribution in [-0.2, 0) is 11.4 Å². The van der Waals surface area contributed by atoms with Gasteiger partial charge in [0.15, 0.2) is 5.75 Å². The topological polar surface area (TPSA) is 38.3 Å². The van der Waals surface area contributed by atoms with E-state index in [2.05, 4.69) is 0 Å². The maximum Gasteiger partial charge on any atom is 0.471 e. The molecule has 0 atom stereocenters. The molecule has 3 nitrogen and oxygen atoms in total. The number of anilines is 1. The number of hydrogen-bond acceptors (Lipinski definition) is 2. The summed E-state index contributed by atoms with van der Waals surface area (Å²) in [6.07, 6.45) is -5.00. The molecule has 0 unspecified atom stereocenters. The Balaban J connectivity index is 1.77. The molecule has 0 aliphatic heterocycles. The first-order valence-corrected chi connectivity index (χ1v) is 9.59. The van der Waals surface area contributed by atoms with Gasteiger partial charge in [0.1, 0.15) is 6.61 Å². The van der Waals surface area contributed by atoms with E-state index in [9.17, 15) is 18.0 Å². The smallest absolute Gasteiger partial charge is 0.471 e. The van der Waals surface area contributed by atoms with Crippen LogP contribution in [0.3, 0.4) is 0 Å². The van der Waals surface area contributed by atoms with Crippen molar-refractivity contribution in [1.29, 1.82) is 0 Å². The van der Waals surface area contributed by atoms with Crippen LogP contribution in [0.5, 0.6) is 5.75 Å². The Morgan fingerprint density at radius 1 is 0.806 bits per heavy atom. The fourth-order valence-electron chi connectivity index (χ4n) is 3.30. The Morgan fingerprint density at radius 3 is 2.26 bits per heavy atom. The number of carbonyl (C=O) groups excluding carboxylic acids is 1. The third-order valence-corrected chi connectivity index (χ3v) is 4.81. The first kappa shape index (κ1) is 20.5. The van der Waals surface area contributed by atoms with Crippen molar-refractivity contribution in [3.05, 3.63) is 96.6 Å². The van der Waals surface area contributed by atoms with E-state index in [-0.39, 0.29) is 18.0 Å². The fraction of sp³-hybridized carbons (Fsp3) is 0.0800. The number of hydrogen-bond donors (Lipinski definition) is 1. The molecular weight excluding hydrogens is 403 g/mol. The van der Waals surface area contributed by atoms with Crippen LogP contribution in [0.4, 0.5) is 18.9 Å². The largest absolute Gasteiger partial charge is 0.486 e. The van der Waals surface area contributed by atoms with E-state index in [0.717, 1.165) is 21.9 Å². The summed E-state index contributed by atoms with van der Waals surface area (Å²) in [6, 6.07) is 27.5. The van der Waals surface area contributed by atoms with Crippen molar-refractivity contribution in [3.8, 4) is 16.9 Å². The van der Waals surface area contributed by atoms with Gasteiger partial charge in [-0.3, -0.25) is 4.79 Å². The van der Waals surface area contributed by atoms with Gasteiger partial charge in [0.2, 0.25) is 0 Å². The minimum atomic E-state index is -5.00. The molecule has 0 saturated carbocycles. The lowest BCUT2D eigenvalue weighted by Gasteiger charge is -2.18. The number of nitrogens with one attached hydrogen (secondary N) is 1. The van der Waals surface area contributed by atoms with E-state index in [1.165, 1.54) is 6.07 Å². The monoisotopic (exact) mass is 421 g/mol. The first-order chi connectivity index (χ1) is 14.9. The molecule has 0 radical (unpaired) electrons. The Bertz CT molecular complexity index is 1220. The van der Waals surface area contributed by atoms with E-state index >= 15 is 0 Å². The molecule has 1 N–H and O–H groups in total. The summed E-state index contributed by atoms with van der Waals surface area (Å²) in [7, 11) is 0. The van der Waals surface area contributed by atoms with E-state index in [1.807, 2.05) is 78.1 Å². The van der Waals surface area contributed by atoms with E-state index in [1.54, 1.807) is 12.1 Å². The molecule has 4 aromatic carbocycles. The second-order valence-electron chi connectivity index (χ2n) is 6.97. The first-order valence-electron chi connectivity index (χ1n) is 9.59. The van der Waals surface area contributed by atoms with Crippen LogP contribution in [0.1, 0.15) is 5.56 Å². The number of halogens is 3. The third kappa shape index (κ3) is 4.69. The highest BCUT2D eigenvalue weighted by Gasteiger charge is 2.39. The highest BCUT2D eigenvalue weighted by Crippen LogP contribution is 2.39. The van der Waals surface area contributed by atoms with Crippen LogP contribution in [0.15, 0.2) is 91.0 Å². The van der Waals surface area contributed by atoms with E-state index in [0.29, 0.717) is 5.56 Å². The zero-order valence-corrected chi connectivity index (χ0v) is 16.3. The van der Waals surface area contributed by atoms with Gasteiger partial charge < -0.3 is 10.1 Å². The summed E-state index contributed by atoms with van der Waals surface area (Å²) < 4.78 is 44.5. The van der Waals surface area contributed by atoms with Crippen LogP contribution in [-0.4, -0.2) is 12.1 Å². The van der Waals surface area contributed by atoms with Crippen LogP contribution < -0.4 is 10.1 Å². The SMILES string of the molecule is O=C(Nc1cccc(-c2ccc3ccccc3c2)c1OCc1ccccc1)C(F)(F)F. The molecule has 0 aliphatic carbocycles. The van der Waals surface area contributed by atoms with Crippen LogP contribution in [0, 0.1) is 0 Å². The van der Waals surface area contributed by atoms with Gasteiger partial charge in [-0.05, 0) is 34.0 Å². The average molecular weight is 421 g/mol. The zero-order chi connectivity index (χ0) is 21.8. The highest BCUT2D eigenvalue weighted by atomic mass is 19.4. The molecular formula is C25H18F3NO2. The molecule has 0 saturated heterocycles.